The predicted molar refractivity (Wildman–Crippen MR) is 89.7 cm³/mol. The molecule has 0 amide bonds. The molecule has 0 spiro atoms. The fraction of sp³-hybridized carbons (Fsp3) is 0.188. The maximum Gasteiger partial charge on any atom is 0.261 e. The van der Waals surface area contributed by atoms with Gasteiger partial charge in [0.05, 0.1) is 0 Å². The van der Waals surface area contributed by atoms with E-state index in [2.05, 4.69) is 51.4 Å². The highest BCUT2D eigenvalue weighted by atomic mass is 79.9. The van der Waals surface area contributed by atoms with Gasteiger partial charge >= 0.3 is 0 Å². The molecule has 3 aromatic rings. The van der Waals surface area contributed by atoms with E-state index in [-0.39, 0.29) is 6.04 Å². The molecule has 0 aliphatic carbocycles. The van der Waals surface area contributed by atoms with Crippen LogP contribution in [0.1, 0.15) is 18.5 Å². The first-order valence-electron chi connectivity index (χ1n) is 6.67. The maximum atomic E-state index is 5.80. The molecule has 0 fully saturated rings. The van der Waals surface area contributed by atoms with Crippen molar-refractivity contribution >= 4 is 38.8 Å². The maximum absolute atomic E-state index is 5.80. The number of nitrogens with one attached hydrogen (secondary N) is 1. The first-order valence-corrected chi connectivity index (χ1v) is 8.28. The third kappa shape index (κ3) is 3.15. The lowest BCUT2D eigenvalue weighted by molar-refractivity contribution is 0.489. The van der Waals surface area contributed by atoms with Gasteiger partial charge in [-0.2, -0.15) is 0 Å². The molecular weight excluding hydrogens is 348 g/mol. The zero-order valence-electron chi connectivity index (χ0n) is 11.8. The Morgan fingerprint density at radius 1 is 1.24 bits per heavy atom. The molecule has 2 aromatic carbocycles. The van der Waals surface area contributed by atoms with Crippen LogP contribution in [0.4, 0.5) is 0 Å². The number of hydrogen-bond acceptors (Lipinski definition) is 4. The van der Waals surface area contributed by atoms with E-state index in [1.54, 1.807) is 11.8 Å². The molecular formula is C16H15BrN2OS. The van der Waals surface area contributed by atoms with E-state index < -0.39 is 0 Å². The van der Waals surface area contributed by atoms with Crippen LogP contribution in [0.2, 0.25) is 0 Å². The van der Waals surface area contributed by atoms with Crippen molar-refractivity contribution in [2.45, 2.75) is 23.1 Å². The molecule has 108 valence electrons. The highest BCUT2D eigenvalue weighted by molar-refractivity contribution is 9.10. The largest absolute Gasteiger partial charge is 0.431 e. The first kappa shape index (κ1) is 14.6. The van der Waals surface area contributed by atoms with Crippen molar-refractivity contribution in [1.82, 2.24) is 10.3 Å². The second kappa shape index (κ2) is 6.22. The Balaban J connectivity index is 1.98. The molecule has 3 rings (SSSR count). The van der Waals surface area contributed by atoms with Crippen LogP contribution in [-0.4, -0.2) is 12.0 Å². The molecule has 1 atom stereocenters. The number of hydrogen-bond donors (Lipinski definition) is 1. The Kier molecular flexibility index (Phi) is 4.33. The number of para-hydroxylation sites is 2. The monoisotopic (exact) mass is 362 g/mol. The van der Waals surface area contributed by atoms with Crippen LogP contribution in [0, 0.1) is 0 Å². The Labute approximate surface area is 136 Å². The van der Waals surface area contributed by atoms with Crippen LogP contribution in [-0.2, 0) is 0 Å². The van der Waals surface area contributed by atoms with E-state index in [0.717, 1.165) is 20.5 Å². The quantitative estimate of drug-likeness (QED) is 0.706. The summed E-state index contributed by atoms with van der Waals surface area (Å²) in [5.41, 5.74) is 2.93. The van der Waals surface area contributed by atoms with Crippen LogP contribution < -0.4 is 5.32 Å². The molecule has 0 saturated carbocycles. The summed E-state index contributed by atoms with van der Waals surface area (Å²) in [4.78, 5) is 5.66. The molecule has 0 aliphatic heterocycles. The SMILES string of the molecule is CNC(C)c1ccc(Br)cc1Sc1nc2ccccc2o1. The summed E-state index contributed by atoms with van der Waals surface area (Å²) in [6.45, 7) is 2.14. The van der Waals surface area contributed by atoms with Crippen LogP contribution in [0.3, 0.4) is 0 Å². The van der Waals surface area contributed by atoms with E-state index >= 15 is 0 Å². The molecule has 0 saturated heterocycles. The number of nitrogens with zero attached hydrogens (tertiary/aromatic N) is 1. The van der Waals surface area contributed by atoms with Gasteiger partial charge in [-0.05, 0) is 55.6 Å². The molecule has 0 bridgehead atoms. The zero-order chi connectivity index (χ0) is 14.8. The van der Waals surface area contributed by atoms with Gasteiger partial charge in [-0.1, -0.05) is 34.1 Å². The highest BCUT2D eigenvalue weighted by Gasteiger charge is 2.14. The molecule has 21 heavy (non-hydrogen) atoms. The van der Waals surface area contributed by atoms with E-state index in [9.17, 15) is 0 Å². The lowest BCUT2D eigenvalue weighted by atomic mass is 10.1. The number of oxazole rings is 1. The summed E-state index contributed by atoms with van der Waals surface area (Å²) in [6.07, 6.45) is 0. The Morgan fingerprint density at radius 2 is 2.05 bits per heavy atom. The van der Waals surface area contributed by atoms with E-state index in [1.165, 1.54) is 5.56 Å². The number of halogens is 1. The average molecular weight is 363 g/mol. The van der Waals surface area contributed by atoms with Crippen molar-refractivity contribution in [3.8, 4) is 0 Å². The summed E-state index contributed by atoms with van der Waals surface area (Å²) < 4.78 is 6.85. The zero-order valence-corrected chi connectivity index (χ0v) is 14.2. The standard InChI is InChI=1S/C16H15BrN2OS/c1-10(18-2)12-8-7-11(17)9-15(12)21-16-19-13-5-3-4-6-14(13)20-16/h3-10,18H,1-2H3. The third-order valence-corrected chi connectivity index (χ3v) is 4.76. The second-order valence-electron chi connectivity index (χ2n) is 4.74. The van der Waals surface area contributed by atoms with Gasteiger partial charge < -0.3 is 9.73 Å². The normalized spacial score (nSPS) is 12.7. The van der Waals surface area contributed by atoms with Crippen molar-refractivity contribution in [2.24, 2.45) is 0 Å². The van der Waals surface area contributed by atoms with Gasteiger partial charge in [-0.15, -0.1) is 0 Å². The highest BCUT2D eigenvalue weighted by Crippen LogP contribution is 2.36. The number of benzene rings is 2. The predicted octanol–water partition coefficient (Wildman–Crippen LogP) is 5.02. The third-order valence-electron chi connectivity index (χ3n) is 3.35. The minimum atomic E-state index is 0.268. The summed E-state index contributed by atoms with van der Waals surface area (Å²) in [7, 11) is 1.96. The smallest absolute Gasteiger partial charge is 0.261 e. The fourth-order valence-electron chi connectivity index (χ4n) is 2.10. The van der Waals surface area contributed by atoms with E-state index in [0.29, 0.717) is 5.22 Å². The summed E-state index contributed by atoms with van der Waals surface area (Å²) in [5, 5.41) is 3.94. The fourth-order valence-corrected chi connectivity index (χ4v) is 3.62. The lowest BCUT2D eigenvalue weighted by Crippen LogP contribution is -2.13. The Morgan fingerprint density at radius 3 is 2.81 bits per heavy atom. The Bertz CT molecular complexity index is 739. The Hall–Kier alpha value is -1.30. The van der Waals surface area contributed by atoms with Gasteiger partial charge in [0.25, 0.3) is 5.22 Å². The molecule has 1 aromatic heterocycles. The molecule has 5 heteroatoms. The van der Waals surface area contributed by atoms with Crippen molar-refractivity contribution in [1.29, 1.82) is 0 Å². The summed E-state index contributed by atoms with van der Waals surface area (Å²) in [5.74, 6) is 0. The number of rotatable bonds is 4. The molecule has 0 aliphatic rings. The summed E-state index contributed by atoms with van der Waals surface area (Å²) in [6, 6.07) is 14.4. The van der Waals surface area contributed by atoms with Gasteiger partial charge in [0.2, 0.25) is 0 Å². The van der Waals surface area contributed by atoms with Gasteiger partial charge in [0.1, 0.15) is 5.52 Å². The van der Waals surface area contributed by atoms with Gasteiger partial charge in [0, 0.05) is 15.4 Å². The first-order chi connectivity index (χ1) is 10.2. The summed E-state index contributed by atoms with van der Waals surface area (Å²) >= 11 is 5.08. The van der Waals surface area contributed by atoms with E-state index in [4.69, 9.17) is 4.42 Å². The molecule has 0 radical (unpaired) electrons. The topological polar surface area (TPSA) is 38.1 Å². The van der Waals surface area contributed by atoms with Crippen LogP contribution >= 0.6 is 27.7 Å². The van der Waals surface area contributed by atoms with Gasteiger partial charge in [0.15, 0.2) is 5.58 Å². The molecule has 1 heterocycles. The van der Waals surface area contributed by atoms with Crippen molar-refractivity contribution in [3.63, 3.8) is 0 Å². The minimum absolute atomic E-state index is 0.268. The number of fused-ring (bicyclic) bond motifs is 1. The van der Waals surface area contributed by atoms with Crippen LogP contribution in [0.25, 0.3) is 11.1 Å². The minimum Gasteiger partial charge on any atom is -0.431 e. The average Bonchev–Trinajstić information content (AvgIpc) is 2.89. The van der Waals surface area contributed by atoms with Crippen molar-refractivity contribution in [3.05, 3.63) is 52.5 Å². The number of aromatic nitrogens is 1. The van der Waals surface area contributed by atoms with E-state index in [1.807, 2.05) is 31.3 Å². The van der Waals surface area contributed by atoms with Crippen LogP contribution in [0.15, 0.2) is 61.5 Å². The molecule has 3 nitrogen and oxygen atoms in total. The molecule has 1 N–H and O–H groups in total. The lowest BCUT2D eigenvalue weighted by Gasteiger charge is -2.14. The second-order valence-corrected chi connectivity index (χ2v) is 6.65. The molecule has 1 unspecified atom stereocenters. The van der Waals surface area contributed by atoms with Crippen molar-refractivity contribution < 1.29 is 4.42 Å². The van der Waals surface area contributed by atoms with Crippen molar-refractivity contribution in [2.75, 3.05) is 7.05 Å². The van der Waals surface area contributed by atoms with Crippen LogP contribution in [0.5, 0.6) is 0 Å². The van der Waals surface area contributed by atoms with Gasteiger partial charge in [-0.3, -0.25) is 0 Å². The van der Waals surface area contributed by atoms with Gasteiger partial charge in [-0.25, -0.2) is 4.98 Å².